The third-order valence-electron chi connectivity index (χ3n) is 2.31. The summed E-state index contributed by atoms with van der Waals surface area (Å²) in [6.07, 6.45) is 0. The lowest BCUT2D eigenvalue weighted by Crippen LogP contribution is -2.03. The number of benzene rings is 2. The minimum Gasteiger partial charge on any atom is -0.218 e. The van der Waals surface area contributed by atoms with Crippen molar-refractivity contribution in [1.82, 2.24) is 0 Å². The van der Waals surface area contributed by atoms with E-state index in [1.54, 1.807) is 36.4 Å². The molecule has 0 atom stereocenters. The molecule has 0 aliphatic heterocycles. The van der Waals surface area contributed by atoms with Crippen LogP contribution in [0.2, 0.25) is 0 Å². The zero-order valence-corrected chi connectivity index (χ0v) is 11.3. The molecule has 17 heavy (non-hydrogen) atoms. The molecule has 0 aliphatic carbocycles. The lowest BCUT2D eigenvalue weighted by atomic mass is 10.4. The minimum atomic E-state index is -3.55. The summed E-state index contributed by atoms with van der Waals surface area (Å²) in [6, 6.07) is 13.2. The van der Waals surface area contributed by atoms with Crippen molar-refractivity contribution in [3.63, 3.8) is 0 Å². The smallest absolute Gasteiger partial charge is 0.208 e. The highest BCUT2D eigenvalue weighted by atomic mass is 32.2. The van der Waals surface area contributed by atoms with E-state index in [0.717, 1.165) is 0 Å². The van der Waals surface area contributed by atoms with E-state index in [1.165, 1.54) is 12.1 Å². The molecular formula is C12H10O2S3. The molecule has 5 heteroatoms. The van der Waals surface area contributed by atoms with Crippen LogP contribution in [0.5, 0.6) is 0 Å². The molecule has 0 unspecified atom stereocenters. The third kappa shape index (κ3) is 2.36. The molecule has 88 valence electrons. The van der Waals surface area contributed by atoms with Crippen LogP contribution in [-0.4, -0.2) is 8.42 Å². The molecule has 0 radical (unpaired) electrons. The molecule has 0 amide bonds. The van der Waals surface area contributed by atoms with Crippen LogP contribution in [0.15, 0.2) is 68.1 Å². The Balaban J connectivity index is 2.67. The maximum Gasteiger partial charge on any atom is 0.208 e. The van der Waals surface area contributed by atoms with Gasteiger partial charge in [0.2, 0.25) is 9.84 Å². The van der Waals surface area contributed by atoms with E-state index < -0.39 is 9.84 Å². The van der Waals surface area contributed by atoms with Gasteiger partial charge in [0.15, 0.2) is 0 Å². The molecule has 0 heterocycles. The van der Waals surface area contributed by atoms with E-state index in [4.69, 9.17) is 0 Å². The molecule has 2 rings (SSSR count). The average Bonchev–Trinajstić information content (AvgIpc) is 2.29. The normalized spacial score (nSPS) is 11.4. The Hall–Kier alpha value is -0.910. The van der Waals surface area contributed by atoms with Crippen molar-refractivity contribution in [3.05, 3.63) is 48.5 Å². The summed E-state index contributed by atoms with van der Waals surface area (Å²) in [4.78, 5) is 1.27. The first kappa shape index (κ1) is 12.5. The Labute approximate surface area is 111 Å². The highest BCUT2D eigenvalue weighted by Gasteiger charge is 2.21. The Morgan fingerprint density at radius 1 is 0.706 bits per heavy atom. The Morgan fingerprint density at radius 2 is 1.06 bits per heavy atom. The summed E-state index contributed by atoms with van der Waals surface area (Å²) in [5, 5.41) is 0. The lowest BCUT2D eigenvalue weighted by molar-refractivity contribution is 0.592. The van der Waals surface area contributed by atoms with E-state index >= 15 is 0 Å². The van der Waals surface area contributed by atoms with E-state index in [1.807, 2.05) is 0 Å². The Kier molecular flexibility index (Phi) is 3.51. The number of hydrogen-bond acceptors (Lipinski definition) is 4. The standard InChI is InChI=1S/C12H10O2S3/c13-17(14,11-7-3-1-5-9(11)15)12-8-4-2-6-10(12)16/h1-8,15-16H. The number of rotatable bonds is 2. The van der Waals surface area contributed by atoms with Crippen LogP contribution in [0.3, 0.4) is 0 Å². The zero-order valence-electron chi connectivity index (χ0n) is 8.74. The number of sulfone groups is 1. The van der Waals surface area contributed by atoms with Crippen LogP contribution in [0.4, 0.5) is 0 Å². The van der Waals surface area contributed by atoms with Crippen LogP contribution < -0.4 is 0 Å². The fraction of sp³-hybridized carbons (Fsp3) is 0. The summed E-state index contributed by atoms with van der Waals surface area (Å²) >= 11 is 8.34. The van der Waals surface area contributed by atoms with Crippen molar-refractivity contribution in [2.45, 2.75) is 19.6 Å². The van der Waals surface area contributed by atoms with E-state index in [-0.39, 0.29) is 9.79 Å². The van der Waals surface area contributed by atoms with Gasteiger partial charge in [0.05, 0.1) is 9.79 Å². The number of thiol groups is 2. The van der Waals surface area contributed by atoms with Gasteiger partial charge in [-0.15, -0.1) is 25.3 Å². The van der Waals surface area contributed by atoms with Crippen molar-refractivity contribution >= 4 is 35.1 Å². The molecule has 0 spiro atoms. The first-order valence-electron chi connectivity index (χ1n) is 4.84. The second-order valence-electron chi connectivity index (χ2n) is 3.44. The summed E-state index contributed by atoms with van der Waals surface area (Å²) in [6.45, 7) is 0. The minimum absolute atomic E-state index is 0.199. The quantitative estimate of drug-likeness (QED) is 0.830. The van der Waals surface area contributed by atoms with Gasteiger partial charge in [-0.25, -0.2) is 8.42 Å². The second kappa shape index (κ2) is 4.76. The fourth-order valence-corrected chi connectivity index (χ4v) is 3.97. The van der Waals surface area contributed by atoms with Gasteiger partial charge in [0.25, 0.3) is 0 Å². The van der Waals surface area contributed by atoms with E-state index in [0.29, 0.717) is 9.79 Å². The SMILES string of the molecule is O=S(=O)(c1ccccc1S)c1ccccc1S. The zero-order chi connectivity index (χ0) is 12.5. The van der Waals surface area contributed by atoms with Crippen molar-refractivity contribution in [3.8, 4) is 0 Å². The van der Waals surface area contributed by atoms with Gasteiger partial charge in [0, 0.05) is 9.79 Å². The lowest BCUT2D eigenvalue weighted by Gasteiger charge is -2.08. The maximum absolute atomic E-state index is 12.4. The van der Waals surface area contributed by atoms with Crippen LogP contribution >= 0.6 is 25.3 Å². The van der Waals surface area contributed by atoms with Crippen molar-refractivity contribution in [1.29, 1.82) is 0 Å². The molecular weight excluding hydrogens is 272 g/mol. The summed E-state index contributed by atoms with van der Waals surface area (Å²) < 4.78 is 24.8. The molecule has 0 aromatic heterocycles. The van der Waals surface area contributed by atoms with Crippen molar-refractivity contribution < 1.29 is 8.42 Å². The van der Waals surface area contributed by atoms with Crippen LogP contribution in [-0.2, 0) is 9.84 Å². The molecule has 0 aliphatic rings. The molecule has 2 aromatic rings. The molecule has 0 N–H and O–H groups in total. The van der Waals surface area contributed by atoms with Crippen molar-refractivity contribution in [2.75, 3.05) is 0 Å². The molecule has 2 nitrogen and oxygen atoms in total. The van der Waals surface area contributed by atoms with E-state index in [2.05, 4.69) is 25.3 Å². The predicted molar refractivity (Wildman–Crippen MR) is 72.8 cm³/mol. The summed E-state index contributed by atoms with van der Waals surface area (Å²) in [5.74, 6) is 0. The number of hydrogen-bond donors (Lipinski definition) is 2. The van der Waals surface area contributed by atoms with Gasteiger partial charge in [-0.1, -0.05) is 24.3 Å². The van der Waals surface area contributed by atoms with Gasteiger partial charge in [0.1, 0.15) is 0 Å². The topological polar surface area (TPSA) is 34.1 Å². The summed E-state index contributed by atoms with van der Waals surface area (Å²) in [7, 11) is -3.55. The second-order valence-corrected chi connectivity index (χ2v) is 6.29. The maximum atomic E-state index is 12.4. The molecule has 0 bridgehead atoms. The monoisotopic (exact) mass is 282 g/mol. The summed E-state index contributed by atoms with van der Waals surface area (Å²) in [5.41, 5.74) is 0. The molecule has 2 aromatic carbocycles. The van der Waals surface area contributed by atoms with Crippen LogP contribution in [0, 0.1) is 0 Å². The van der Waals surface area contributed by atoms with Gasteiger partial charge < -0.3 is 0 Å². The Bertz CT molecular complexity index is 597. The first-order valence-corrected chi connectivity index (χ1v) is 7.22. The van der Waals surface area contributed by atoms with Gasteiger partial charge in [-0.2, -0.15) is 0 Å². The van der Waals surface area contributed by atoms with Gasteiger partial charge >= 0.3 is 0 Å². The van der Waals surface area contributed by atoms with Crippen LogP contribution in [0.25, 0.3) is 0 Å². The largest absolute Gasteiger partial charge is 0.218 e. The Morgan fingerprint density at radius 3 is 1.41 bits per heavy atom. The highest BCUT2D eigenvalue weighted by Crippen LogP contribution is 2.29. The first-order chi connectivity index (χ1) is 8.03. The van der Waals surface area contributed by atoms with E-state index in [9.17, 15) is 8.42 Å². The third-order valence-corrected chi connectivity index (χ3v) is 5.26. The predicted octanol–water partition coefficient (Wildman–Crippen LogP) is 3.10. The molecule has 0 saturated heterocycles. The average molecular weight is 282 g/mol. The highest BCUT2D eigenvalue weighted by molar-refractivity contribution is 7.93. The fourth-order valence-electron chi connectivity index (χ4n) is 1.49. The molecule has 0 saturated carbocycles. The van der Waals surface area contributed by atoms with Crippen LogP contribution in [0.1, 0.15) is 0 Å². The molecule has 0 fully saturated rings. The van der Waals surface area contributed by atoms with Gasteiger partial charge in [-0.3, -0.25) is 0 Å². The van der Waals surface area contributed by atoms with Gasteiger partial charge in [-0.05, 0) is 24.3 Å². The van der Waals surface area contributed by atoms with Crippen molar-refractivity contribution in [2.24, 2.45) is 0 Å².